The number of carbonyl (C=O) groups excluding carboxylic acids is 1. The van der Waals surface area contributed by atoms with Crippen molar-refractivity contribution in [3.63, 3.8) is 0 Å². The van der Waals surface area contributed by atoms with Crippen LogP contribution in [0.15, 0.2) is 48.5 Å². The van der Waals surface area contributed by atoms with Crippen LogP contribution in [0.5, 0.6) is 0 Å². The third-order valence-corrected chi connectivity index (χ3v) is 4.96. The summed E-state index contributed by atoms with van der Waals surface area (Å²) in [7, 11) is 0. The highest BCUT2D eigenvalue weighted by molar-refractivity contribution is 6.31. The van der Waals surface area contributed by atoms with Crippen molar-refractivity contribution >= 4 is 17.5 Å². The summed E-state index contributed by atoms with van der Waals surface area (Å²) in [5.74, 6) is -0.0359. The summed E-state index contributed by atoms with van der Waals surface area (Å²) in [5.41, 5.74) is 2.93. The Bertz CT molecular complexity index is 693. The summed E-state index contributed by atoms with van der Waals surface area (Å²) in [6.45, 7) is 4.69. The van der Waals surface area contributed by atoms with Gasteiger partial charge >= 0.3 is 0 Å². The maximum atomic E-state index is 12.4. The Morgan fingerprint density at radius 3 is 2.46 bits per heavy atom. The van der Waals surface area contributed by atoms with Crippen molar-refractivity contribution < 1.29 is 4.79 Å². The lowest BCUT2D eigenvalue weighted by Crippen LogP contribution is -2.37. The lowest BCUT2D eigenvalue weighted by Gasteiger charge is -2.29. The second kappa shape index (κ2) is 7.82. The normalized spacial score (nSPS) is 16.1. The minimum atomic E-state index is -0.0359. The topological polar surface area (TPSA) is 32.3 Å². The van der Waals surface area contributed by atoms with Gasteiger partial charge in [-0.25, -0.2) is 0 Å². The second-order valence-electron chi connectivity index (χ2n) is 6.36. The van der Waals surface area contributed by atoms with Crippen LogP contribution in [0.4, 0.5) is 0 Å². The first-order valence-corrected chi connectivity index (χ1v) is 8.86. The third kappa shape index (κ3) is 3.97. The maximum Gasteiger partial charge on any atom is 0.251 e. The Kier molecular flexibility index (Phi) is 5.54. The van der Waals surface area contributed by atoms with Gasteiger partial charge in [0, 0.05) is 17.1 Å². The van der Waals surface area contributed by atoms with Crippen molar-refractivity contribution in [1.29, 1.82) is 0 Å². The molecular formula is C20H23ClN2O. The fraction of sp³-hybridized carbons (Fsp3) is 0.350. The molecule has 1 aliphatic rings. The van der Waals surface area contributed by atoms with Gasteiger partial charge in [-0.3, -0.25) is 9.69 Å². The number of carbonyl (C=O) groups is 1. The number of hydrogen-bond donors (Lipinski definition) is 1. The summed E-state index contributed by atoms with van der Waals surface area (Å²) in [6, 6.07) is 15.7. The number of amides is 1. The molecule has 126 valence electrons. The van der Waals surface area contributed by atoms with Gasteiger partial charge in [-0.15, -0.1) is 0 Å². The van der Waals surface area contributed by atoms with Crippen LogP contribution in [0.25, 0.3) is 0 Å². The zero-order chi connectivity index (χ0) is 16.9. The van der Waals surface area contributed by atoms with Gasteiger partial charge in [0.2, 0.25) is 0 Å². The predicted molar refractivity (Wildman–Crippen MR) is 98.5 cm³/mol. The van der Waals surface area contributed by atoms with E-state index in [4.69, 9.17) is 11.6 Å². The largest absolute Gasteiger partial charge is 0.350 e. The number of rotatable bonds is 5. The zero-order valence-electron chi connectivity index (χ0n) is 14.0. The molecular weight excluding hydrogens is 320 g/mol. The van der Waals surface area contributed by atoms with Crippen LogP contribution in [-0.4, -0.2) is 30.4 Å². The van der Waals surface area contributed by atoms with Gasteiger partial charge in [-0.2, -0.15) is 0 Å². The van der Waals surface area contributed by atoms with Crippen molar-refractivity contribution in [2.24, 2.45) is 0 Å². The molecule has 0 radical (unpaired) electrons. The quantitative estimate of drug-likeness (QED) is 0.882. The van der Waals surface area contributed by atoms with E-state index in [0.717, 1.165) is 29.2 Å². The van der Waals surface area contributed by atoms with Gasteiger partial charge in [-0.1, -0.05) is 47.5 Å². The Labute approximate surface area is 148 Å². The zero-order valence-corrected chi connectivity index (χ0v) is 14.7. The van der Waals surface area contributed by atoms with E-state index in [1.165, 1.54) is 12.8 Å². The summed E-state index contributed by atoms with van der Waals surface area (Å²) >= 11 is 6.41. The molecule has 1 heterocycles. The molecule has 1 saturated heterocycles. The molecule has 2 aromatic carbocycles. The highest BCUT2D eigenvalue weighted by atomic mass is 35.5. The first-order chi connectivity index (χ1) is 11.6. The van der Waals surface area contributed by atoms with E-state index in [1.54, 1.807) is 0 Å². The van der Waals surface area contributed by atoms with E-state index in [2.05, 4.69) is 16.3 Å². The molecule has 3 nitrogen and oxygen atoms in total. The number of benzene rings is 2. The monoisotopic (exact) mass is 342 g/mol. The van der Waals surface area contributed by atoms with Crippen LogP contribution < -0.4 is 5.32 Å². The number of nitrogens with one attached hydrogen (secondary N) is 1. The molecule has 2 aromatic rings. The lowest BCUT2D eigenvalue weighted by molar-refractivity contribution is 0.0938. The van der Waals surface area contributed by atoms with Crippen molar-refractivity contribution in [2.45, 2.75) is 25.8 Å². The van der Waals surface area contributed by atoms with Gasteiger partial charge in [0.15, 0.2) is 0 Å². The van der Waals surface area contributed by atoms with Gasteiger partial charge < -0.3 is 5.32 Å². The molecule has 1 aliphatic heterocycles. The van der Waals surface area contributed by atoms with Crippen molar-refractivity contribution in [3.8, 4) is 0 Å². The Balaban J connectivity index is 1.73. The molecule has 1 unspecified atom stereocenters. The van der Waals surface area contributed by atoms with E-state index in [1.807, 2.05) is 49.4 Å². The standard InChI is InChI=1S/C20H23ClN2O/c1-15-8-10-16(11-9-15)20(24)22-14-19(23-12-4-5-13-23)17-6-2-3-7-18(17)21/h2-3,6-11,19H,4-5,12-14H2,1H3,(H,22,24). The predicted octanol–water partition coefficient (Wildman–Crippen LogP) is 4.22. The smallest absolute Gasteiger partial charge is 0.251 e. The van der Waals surface area contributed by atoms with E-state index < -0.39 is 0 Å². The molecule has 1 atom stereocenters. The Hall–Kier alpha value is -1.84. The van der Waals surface area contributed by atoms with Gasteiger partial charge in [0.05, 0.1) is 6.04 Å². The Morgan fingerprint density at radius 1 is 1.12 bits per heavy atom. The molecule has 0 spiro atoms. The maximum absolute atomic E-state index is 12.4. The fourth-order valence-corrected chi connectivity index (χ4v) is 3.49. The van der Waals surface area contributed by atoms with E-state index in [9.17, 15) is 4.79 Å². The van der Waals surface area contributed by atoms with E-state index in [-0.39, 0.29) is 11.9 Å². The molecule has 3 rings (SSSR count). The number of halogens is 1. The van der Waals surface area contributed by atoms with E-state index >= 15 is 0 Å². The summed E-state index contributed by atoms with van der Waals surface area (Å²) in [6.07, 6.45) is 2.40. The van der Waals surface area contributed by atoms with Crippen LogP contribution in [-0.2, 0) is 0 Å². The van der Waals surface area contributed by atoms with Crippen LogP contribution in [0, 0.1) is 6.92 Å². The minimum Gasteiger partial charge on any atom is -0.350 e. The molecule has 0 aromatic heterocycles. The highest BCUT2D eigenvalue weighted by Crippen LogP contribution is 2.29. The van der Waals surface area contributed by atoms with Crippen LogP contribution in [0.2, 0.25) is 5.02 Å². The van der Waals surface area contributed by atoms with Crippen LogP contribution in [0.3, 0.4) is 0 Å². The molecule has 0 bridgehead atoms. The fourth-order valence-electron chi connectivity index (χ4n) is 3.23. The van der Waals surface area contributed by atoms with Crippen molar-refractivity contribution in [1.82, 2.24) is 10.2 Å². The lowest BCUT2D eigenvalue weighted by atomic mass is 10.0. The highest BCUT2D eigenvalue weighted by Gasteiger charge is 2.25. The van der Waals surface area contributed by atoms with Crippen molar-refractivity contribution in [2.75, 3.05) is 19.6 Å². The SMILES string of the molecule is Cc1ccc(C(=O)NCC(c2ccccc2Cl)N2CCCC2)cc1. The molecule has 4 heteroatoms. The second-order valence-corrected chi connectivity index (χ2v) is 6.76. The molecule has 1 fully saturated rings. The van der Waals surface area contributed by atoms with Crippen LogP contribution >= 0.6 is 11.6 Å². The molecule has 1 N–H and O–H groups in total. The number of likely N-dealkylation sites (tertiary alicyclic amines) is 1. The van der Waals surface area contributed by atoms with Gasteiger partial charge in [0.1, 0.15) is 0 Å². The average Bonchev–Trinajstić information content (AvgIpc) is 3.11. The third-order valence-electron chi connectivity index (χ3n) is 4.62. The minimum absolute atomic E-state index is 0.0359. The number of nitrogens with zero attached hydrogens (tertiary/aromatic N) is 1. The molecule has 0 aliphatic carbocycles. The number of aryl methyl sites for hydroxylation is 1. The average molecular weight is 343 g/mol. The number of hydrogen-bond acceptors (Lipinski definition) is 2. The first-order valence-electron chi connectivity index (χ1n) is 8.48. The van der Waals surface area contributed by atoms with E-state index in [0.29, 0.717) is 12.1 Å². The van der Waals surface area contributed by atoms with Crippen LogP contribution in [0.1, 0.15) is 40.4 Å². The molecule has 0 saturated carbocycles. The first kappa shape index (κ1) is 17.0. The molecule has 1 amide bonds. The van der Waals surface area contributed by atoms with Crippen molar-refractivity contribution in [3.05, 3.63) is 70.2 Å². The summed E-state index contributed by atoms with van der Waals surface area (Å²) in [4.78, 5) is 14.8. The van der Waals surface area contributed by atoms with Gasteiger partial charge in [-0.05, 0) is 56.6 Å². The summed E-state index contributed by atoms with van der Waals surface area (Å²) < 4.78 is 0. The summed E-state index contributed by atoms with van der Waals surface area (Å²) in [5, 5.41) is 3.84. The Morgan fingerprint density at radius 2 is 1.79 bits per heavy atom. The molecule has 24 heavy (non-hydrogen) atoms. The van der Waals surface area contributed by atoms with Gasteiger partial charge in [0.25, 0.3) is 5.91 Å².